The molecule has 1 fully saturated rings. The number of aldehydes is 1. The number of allylic oxidation sites excluding steroid dienone is 4. The van der Waals surface area contributed by atoms with E-state index in [4.69, 9.17) is 0 Å². The van der Waals surface area contributed by atoms with Crippen molar-refractivity contribution in [2.45, 2.75) is 12.8 Å². The van der Waals surface area contributed by atoms with Crippen LogP contribution in [0.25, 0.3) is 0 Å². The summed E-state index contributed by atoms with van der Waals surface area (Å²) in [6, 6.07) is 0. The van der Waals surface area contributed by atoms with Crippen LogP contribution in [0.2, 0.25) is 0 Å². The lowest BCUT2D eigenvalue weighted by molar-refractivity contribution is -0.110. The quantitative estimate of drug-likeness (QED) is 0.576. The molecule has 0 aromatic carbocycles. The molecule has 0 aromatic rings. The summed E-state index contributed by atoms with van der Waals surface area (Å²) >= 11 is 1.86. The molecule has 0 saturated carbocycles. The van der Waals surface area contributed by atoms with Gasteiger partial charge in [0.05, 0.1) is 0 Å². The molecule has 1 nitrogen and oxygen atoms in total. The lowest BCUT2D eigenvalue weighted by Gasteiger charge is -2.28. The van der Waals surface area contributed by atoms with Crippen molar-refractivity contribution in [3.05, 3.63) is 23.1 Å². The van der Waals surface area contributed by atoms with Gasteiger partial charge in [0, 0.05) is 11.7 Å². The van der Waals surface area contributed by atoms with E-state index in [0.29, 0.717) is 11.8 Å². The molecule has 0 amide bonds. The predicted molar refractivity (Wildman–Crippen MR) is 52.0 cm³/mol. The first-order valence-corrected chi connectivity index (χ1v) is 5.33. The van der Waals surface area contributed by atoms with Crippen molar-refractivity contribution in [2.75, 3.05) is 5.75 Å². The van der Waals surface area contributed by atoms with E-state index in [9.17, 15) is 4.79 Å². The second kappa shape index (κ2) is 3.48. The zero-order valence-corrected chi connectivity index (χ0v) is 7.72. The van der Waals surface area contributed by atoms with Crippen molar-refractivity contribution in [2.24, 2.45) is 11.8 Å². The van der Waals surface area contributed by atoms with Gasteiger partial charge in [-0.05, 0) is 23.7 Å². The fraction of sp³-hybridized carbons (Fsp3) is 0.500. The first kappa shape index (κ1) is 8.11. The Morgan fingerprint density at radius 1 is 1.58 bits per heavy atom. The van der Waals surface area contributed by atoms with E-state index >= 15 is 0 Å². The van der Waals surface area contributed by atoms with Gasteiger partial charge in [0.25, 0.3) is 0 Å². The van der Waals surface area contributed by atoms with Crippen molar-refractivity contribution < 1.29 is 4.79 Å². The molecule has 1 aliphatic heterocycles. The molecule has 0 N–H and O–H groups in total. The fourth-order valence-electron chi connectivity index (χ4n) is 1.77. The van der Waals surface area contributed by atoms with Crippen LogP contribution in [0.15, 0.2) is 23.1 Å². The van der Waals surface area contributed by atoms with Crippen LogP contribution in [0, 0.1) is 11.8 Å². The lowest BCUT2D eigenvalue weighted by atomic mass is 9.90. The molecular weight excluding hydrogens is 168 g/mol. The largest absolute Gasteiger partial charge is 0.303 e. The Hall–Kier alpha value is -0.500. The zero-order chi connectivity index (χ0) is 8.39. The topological polar surface area (TPSA) is 17.1 Å². The monoisotopic (exact) mass is 180 g/mol. The second-order valence-electron chi connectivity index (χ2n) is 3.37. The lowest BCUT2D eigenvalue weighted by Crippen LogP contribution is -2.19. The average Bonchev–Trinajstić information content (AvgIpc) is 2.17. The van der Waals surface area contributed by atoms with Crippen LogP contribution < -0.4 is 0 Å². The Morgan fingerprint density at radius 2 is 2.50 bits per heavy atom. The molecule has 12 heavy (non-hydrogen) atoms. The van der Waals surface area contributed by atoms with Crippen molar-refractivity contribution in [3.63, 3.8) is 0 Å². The van der Waals surface area contributed by atoms with Crippen LogP contribution in [0.4, 0.5) is 0 Å². The van der Waals surface area contributed by atoms with Gasteiger partial charge in [-0.1, -0.05) is 18.2 Å². The van der Waals surface area contributed by atoms with Crippen molar-refractivity contribution in [1.82, 2.24) is 0 Å². The molecule has 1 heterocycles. The number of hydrogen-bond donors (Lipinski definition) is 0. The summed E-state index contributed by atoms with van der Waals surface area (Å²) in [5, 5.41) is 0. The van der Waals surface area contributed by atoms with Gasteiger partial charge in [0.15, 0.2) is 0 Å². The average molecular weight is 180 g/mol. The number of carbonyl (C=O) groups excluding carboxylic acids is 1. The molecule has 0 aromatic heterocycles. The normalized spacial score (nSPS) is 33.8. The maximum absolute atomic E-state index is 10.6. The molecule has 1 aliphatic carbocycles. The van der Waals surface area contributed by atoms with Crippen LogP contribution in [0.5, 0.6) is 0 Å². The number of fused-ring (bicyclic) bond motifs is 1. The zero-order valence-electron chi connectivity index (χ0n) is 6.90. The van der Waals surface area contributed by atoms with Crippen molar-refractivity contribution >= 4 is 18.0 Å². The van der Waals surface area contributed by atoms with Crippen molar-refractivity contribution in [1.29, 1.82) is 0 Å². The first-order chi connectivity index (χ1) is 5.90. The van der Waals surface area contributed by atoms with Gasteiger partial charge in [0.1, 0.15) is 6.29 Å². The van der Waals surface area contributed by atoms with Crippen LogP contribution >= 0.6 is 11.8 Å². The fourth-order valence-corrected chi connectivity index (χ4v) is 2.99. The number of rotatable bonds is 1. The third-order valence-corrected chi connectivity index (χ3v) is 3.86. The third kappa shape index (κ3) is 1.48. The van der Waals surface area contributed by atoms with E-state index in [0.717, 1.165) is 24.9 Å². The third-order valence-electron chi connectivity index (χ3n) is 2.46. The minimum atomic E-state index is 0.295. The highest BCUT2D eigenvalue weighted by atomic mass is 32.2. The summed E-state index contributed by atoms with van der Waals surface area (Å²) in [7, 11) is 0. The highest BCUT2D eigenvalue weighted by Crippen LogP contribution is 2.40. The number of hydrogen-bond acceptors (Lipinski definition) is 2. The SMILES string of the molecule is O=CC1CSC2=CC=CCC2C1. The van der Waals surface area contributed by atoms with Gasteiger partial charge >= 0.3 is 0 Å². The second-order valence-corrected chi connectivity index (χ2v) is 4.47. The summed E-state index contributed by atoms with van der Waals surface area (Å²) in [5.74, 6) is 1.92. The molecule has 0 radical (unpaired) electrons. The Morgan fingerprint density at radius 3 is 3.33 bits per heavy atom. The van der Waals surface area contributed by atoms with Gasteiger partial charge in [-0.25, -0.2) is 0 Å². The number of carbonyl (C=O) groups is 1. The molecule has 2 unspecified atom stereocenters. The van der Waals surface area contributed by atoms with E-state index in [1.165, 1.54) is 4.91 Å². The highest BCUT2D eigenvalue weighted by Gasteiger charge is 2.25. The standard InChI is InChI=1S/C10H12OS/c11-6-8-5-9-3-1-2-4-10(9)12-7-8/h1-2,4,6,8-9H,3,5,7H2. The van der Waals surface area contributed by atoms with E-state index in [1.807, 2.05) is 11.8 Å². The summed E-state index contributed by atoms with van der Waals surface area (Å²) in [6.07, 6.45) is 9.82. The highest BCUT2D eigenvalue weighted by molar-refractivity contribution is 8.03. The summed E-state index contributed by atoms with van der Waals surface area (Å²) < 4.78 is 0. The van der Waals surface area contributed by atoms with Crippen LogP contribution in [-0.2, 0) is 4.79 Å². The maximum Gasteiger partial charge on any atom is 0.123 e. The van der Waals surface area contributed by atoms with Gasteiger partial charge in [-0.3, -0.25) is 0 Å². The Balaban J connectivity index is 2.08. The summed E-state index contributed by atoms with van der Waals surface area (Å²) in [4.78, 5) is 12.1. The number of thioether (sulfide) groups is 1. The molecule has 2 rings (SSSR count). The molecule has 0 bridgehead atoms. The summed E-state index contributed by atoms with van der Waals surface area (Å²) in [6.45, 7) is 0. The van der Waals surface area contributed by atoms with Gasteiger partial charge in [0.2, 0.25) is 0 Å². The van der Waals surface area contributed by atoms with Gasteiger partial charge < -0.3 is 4.79 Å². The van der Waals surface area contributed by atoms with Gasteiger partial charge in [-0.15, -0.1) is 11.8 Å². The predicted octanol–water partition coefficient (Wildman–Crippen LogP) is 2.40. The van der Waals surface area contributed by atoms with Crippen LogP contribution in [-0.4, -0.2) is 12.0 Å². The van der Waals surface area contributed by atoms with E-state index in [-0.39, 0.29) is 0 Å². The molecule has 64 valence electrons. The minimum absolute atomic E-state index is 0.295. The Labute approximate surface area is 76.9 Å². The Kier molecular flexibility index (Phi) is 2.35. The van der Waals surface area contributed by atoms with E-state index in [1.54, 1.807) is 0 Å². The smallest absolute Gasteiger partial charge is 0.123 e. The van der Waals surface area contributed by atoms with E-state index < -0.39 is 0 Å². The maximum atomic E-state index is 10.6. The van der Waals surface area contributed by atoms with Crippen LogP contribution in [0.3, 0.4) is 0 Å². The molecule has 1 saturated heterocycles. The molecule has 2 aliphatic rings. The molecule has 2 heteroatoms. The Bertz CT molecular complexity index is 242. The minimum Gasteiger partial charge on any atom is -0.303 e. The molecular formula is C10H12OS. The molecule has 0 spiro atoms. The van der Waals surface area contributed by atoms with Crippen molar-refractivity contribution in [3.8, 4) is 0 Å². The molecule has 2 atom stereocenters. The summed E-state index contributed by atoms with van der Waals surface area (Å²) in [5.41, 5.74) is 0. The van der Waals surface area contributed by atoms with E-state index in [2.05, 4.69) is 18.2 Å². The first-order valence-electron chi connectivity index (χ1n) is 4.35. The van der Waals surface area contributed by atoms with Gasteiger partial charge in [-0.2, -0.15) is 0 Å². The van der Waals surface area contributed by atoms with Crippen LogP contribution in [0.1, 0.15) is 12.8 Å².